The van der Waals surface area contributed by atoms with Crippen LogP contribution >= 0.6 is 0 Å². The third-order valence-corrected chi connectivity index (χ3v) is 2.73. The van der Waals surface area contributed by atoms with E-state index >= 15 is 0 Å². The molecule has 0 aliphatic rings. The zero-order valence-electron chi connectivity index (χ0n) is 9.53. The van der Waals surface area contributed by atoms with Gasteiger partial charge in [0.1, 0.15) is 0 Å². The monoisotopic (exact) mass is 212 g/mol. The van der Waals surface area contributed by atoms with Gasteiger partial charge in [0.15, 0.2) is 0 Å². The lowest BCUT2D eigenvalue weighted by atomic mass is 10.1. The number of rotatable bonds is 3. The Bertz CT molecular complexity index is 541. The molecule has 0 radical (unpaired) electrons. The van der Waals surface area contributed by atoms with E-state index in [2.05, 4.69) is 46.9 Å². The standard InChI is InChI=1S/C14H16N2/c1-2-3-4-8-16-9-7-13-10-12(11-15)5-6-14(13)16/h5-7,9-10H,4,8,11,15H2,1H3. The molecule has 0 saturated heterocycles. The molecule has 1 aromatic carbocycles. The lowest BCUT2D eigenvalue weighted by Crippen LogP contribution is -1.97. The maximum Gasteiger partial charge on any atom is 0.0480 e. The summed E-state index contributed by atoms with van der Waals surface area (Å²) in [6.45, 7) is 3.43. The molecule has 82 valence electrons. The topological polar surface area (TPSA) is 30.9 Å². The average molecular weight is 212 g/mol. The Hall–Kier alpha value is -1.72. The highest BCUT2D eigenvalue weighted by molar-refractivity contribution is 5.80. The minimum atomic E-state index is 0.600. The molecule has 2 aromatic rings. The minimum absolute atomic E-state index is 0.600. The van der Waals surface area contributed by atoms with Crippen molar-refractivity contribution in [3.63, 3.8) is 0 Å². The summed E-state index contributed by atoms with van der Waals surface area (Å²) in [4.78, 5) is 0. The molecule has 0 atom stereocenters. The zero-order chi connectivity index (χ0) is 11.4. The molecular formula is C14H16N2. The van der Waals surface area contributed by atoms with Gasteiger partial charge in [-0.2, -0.15) is 0 Å². The number of hydrogen-bond acceptors (Lipinski definition) is 1. The second kappa shape index (κ2) is 4.87. The minimum Gasteiger partial charge on any atom is -0.347 e. The van der Waals surface area contributed by atoms with Gasteiger partial charge in [0.2, 0.25) is 0 Å². The first-order valence-electron chi connectivity index (χ1n) is 5.52. The summed E-state index contributed by atoms with van der Waals surface area (Å²) in [5.41, 5.74) is 8.06. The Morgan fingerprint density at radius 1 is 1.31 bits per heavy atom. The molecule has 0 spiro atoms. The van der Waals surface area contributed by atoms with Gasteiger partial charge in [-0.1, -0.05) is 6.07 Å². The fourth-order valence-corrected chi connectivity index (χ4v) is 1.87. The van der Waals surface area contributed by atoms with Gasteiger partial charge in [0.05, 0.1) is 0 Å². The zero-order valence-corrected chi connectivity index (χ0v) is 9.53. The molecule has 2 heteroatoms. The second-order valence-corrected chi connectivity index (χ2v) is 3.78. The summed E-state index contributed by atoms with van der Waals surface area (Å²) in [5.74, 6) is 6.00. The number of aromatic nitrogens is 1. The number of fused-ring (bicyclic) bond motifs is 1. The van der Waals surface area contributed by atoms with E-state index < -0.39 is 0 Å². The van der Waals surface area contributed by atoms with Crippen molar-refractivity contribution in [3.8, 4) is 11.8 Å². The van der Waals surface area contributed by atoms with E-state index in [0.29, 0.717) is 6.54 Å². The number of nitrogens with zero attached hydrogens (tertiary/aromatic N) is 1. The summed E-state index contributed by atoms with van der Waals surface area (Å²) in [5, 5.41) is 1.26. The molecule has 1 aromatic heterocycles. The van der Waals surface area contributed by atoms with Crippen LogP contribution in [0.15, 0.2) is 30.5 Å². The Morgan fingerprint density at radius 2 is 2.19 bits per heavy atom. The van der Waals surface area contributed by atoms with Crippen molar-refractivity contribution in [1.82, 2.24) is 4.57 Å². The van der Waals surface area contributed by atoms with E-state index in [1.54, 1.807) is 0 Å². The van der Waals surface area contributed by atoms with Crippen molar-refractivity contribution in [1.29, 1.82) is 0 Å². The van der Waals surface area contributed by atoms with Crippen LogP contribution in [0.2, 0.25) is 0 Å². The SMILES string of the molecule is CC#CCCn1ccc2cc(CN)ccc21. The molecule has 0 amide bonds. The Balaban J connectivity index is 2.29. The molecule has 16 heavy (non-hydrogen) atoms. The van der Waals surface area contributed by atoms with E-state index in [1.807, 2.05) is 6.92 Å². The molecule has 0 aliphatic heterocycles. The summed E-state index contributed by atoms with van der Waals surface area (Å²) < 4.78 is 2.24. The van der Waals surface area contributed by atoms with E-state index in [1.165, 1.54) is 16.5 Å². The predicted octanol–water partition coefficient (Wildman–Crippen LogP) is 2.51. The van der Waals surface area contributed by atoms with Gasteiger partial charge in [-0.05, 0) is 36.1 Å². The van der Waals surface area contributed by atoms with Crippen LogP contribution in [0.5, 0.6) is 0 Å². The first-order chi connectivity index (χ1) is 7.85. The normalized spacial score (nSPS) is 10.1. The molecule has 0 unspecified atom stereocenters. The summed E-state index contributed by atoms with van der Waals surface area (Å²) in [6, 6.07) is 8.51. The molecule has 1 heterocycles. The maximum atomic E-state index is 5.62. The van der Waals surface area contributed by atoms with E-state index in [-0.39, 0.29) is 0 Å². The van der Waals surface area contributed by atoms with E-state index in [4.69, 9.17) is 5.73 Å². The van der Waals surface area contributed by atoms with Gasteiger partial charge in [-0.25, -0.2) is 0 Å². The lowest BCUT2D eigenvalue weighted by Gasteiger charge is -2.03. The molecule has 0 bridgehead atoms. The largest absolute Gasteiger partial charge is 0.347 e. The van der Waals surface area contributed by atoms with Gasteiger partial charge in [0.25, 0.3) is 0 Å². The van der Waals surface area contributed by atoms with E-state index in [9.17, 15) is 0 Å². The second-order valence-electron chi connectivity index (χ2n) is 3.78. The number of nitrogens with two attached hydrogens (primary N) is 1. The summed E-state index contributed by atoms with van der Waals surface area (Å²) in [7, 11) is 0. The molecular weight excluding hydrogens is 196 g/mol. The quantitative estimate of drug-likeness (QED) is 0.779. The number of hydrogen-bond donors (Lipinski definition) is 1. The van der Waals surface area contributed by atoms with Gasteiger partial charge in [-0.15, -0.1) is 11.8 Å². The van der Waals surface area contributed by atoms with E-state index in [0.717, 1.165) is 13.0 Å². The van der Waals surface area contributed by atoms with Crippen LogP contribution in [0.1, 0.15) is 18.9 Å². The first-order valence-corrected chi connectivity index (χ1v) is 5.52. The maximum absolute atomic E-state index is 5.62. The molecule has 2 N–H and O–H groups in total. The smallest absolute Gasteiger partial charge is 0.0480 e. The number of benzene rings is 1. The Kier molecular flexibility index (Phi) is 3.28. The fraction of sp³-hybridized carbons (Fsp3) is 0.286. The van der Waals surface area contributed by atoms with Gasteiger partial charge < -0.3 is 10.3 Å². The first kappa shape index (κ1) is 10.8. The molecule has 2 rings (SSSR count). The van der Waals surface area contributed by atoms with Crippen LogP contribution in [0.25, 0.3) is 10.9 Å². The van der Waals surface area contributed by atoms with Crippen molar-refractivity contribution in [3.05, 3.63) is 36.0 Å². The third kappa shape index (κ3) is 2.10. The lowest BCUT2D eigenvalue weighted by molar-refractivity contribution is 0.749. The summed E-state index contributed by atoms with van der Waals surface area (Å²) in [6.07, 6.45) is 3.02. The Morgan fingerprint density at radius 3 is 2.94 bits per heavy atom. The molecule has 2 nitrogen and oxygen atoms in total. The van der Waals surface area contributed by atoms with Crippen LogP contribution in [-0.4, -0.2) is 4.57 Å². The molecule has 0 fully saturated rings. The highest BCUT2D eigenvalue weighted by atomic mass is 14.9. The van der Waals surface area contributed by atoms with Crippen LogP contribution in [-0.2, 0) is 13.1 Å². The highest BCUT2D eigenvalue weighted by Gasteiger charge is 2.00. The average Bonchev–Trinajstić information content (AvgIpc) is 2.72. The molecule has 0 saturated carbocycles. The van der Waals surface area contributed by atoms with Crippen LogP contribution in [0, 0.1) is 11.8 Å². The third-order valence-electron chi connectivity index (χ3n) is 2.73. The van der Waals surface area contributed by atoms with Crippen molar-refractivity contribution >= 4 is 10.9 Å². The van der Waals surface area contributed by atoms with Gasteiger partial charge in [-0.3, -0.25) is 0 Å². The van der Waals surface area contributed by atoms with Gasteiger partial charge >= 0.3 is 0 Å². The van der Waals surface area contributed by atoms with Crippen LogP contribution < -0.4 is 5.73 Å². The highest BCUT2D eigenvalue weighted by Crippen LogP contribution is 2.17. The number of aryl methyl sites for hydroxylation is 1. The van der Waals surface area contributed by atoms with Gasteiger partial charge in [0, 0.05) is 31.2 Å². The van der Waals surface area contributed by atoms with Crippen molar-refractivity contribution < 1.29 is 0 Å². The van der Waals surface area contributed by atoms with Crippen LogP contribution in [0.3, 0.4) is 0 Å². The van der Waals surface area contributed by atoms with Crippen LogP contribution in [0.4, 0.5) is 0 Å². The van der Waals surface area contributed by atoms with Crippen molar-refractivity contribution in [2.75, 3.05) is 0 Å². The summed E-state index contributed by atoms with van der Waals surface area (Å²) >= 11 is 0. The fourth-order valence-electron chi connectivity index (χ4n) is 1.87. The Labute approximate surface area is 96.1 Å². The predicted molar refractivity (Wildman–Crippen MR) is 67.9 cm³/mol. The van der Waals surface area contributed by atoms with Crippen molar-refractivity contribution in [2.24, 2.45) is 5.73 Å². The van der Waals surface area contributed by atoms with Crippen molar-refractivity contribution in [2.45, 2.75) is 26.4 Å². The molecule has 0 aliphatic carbocycles.